The van der Waals surface area contributed by atoms with Crippen LogP contribution in [0.4, 0.5) is 21.9 Å². The maximum atomic E-state index is 12.9. The molecule has 2 N–H and O–H groups in total. The van der Waals surface area contributed by atoms with Crippen LogP contribution >= 0.6 is 0 Å². The molecule has 1 heterocycles. The SMILES string of the molecule is CCc1ccc(NC(=O)C(C)N2C(=O)COc3ccc(NC(=O)OC(C)(C)C)cc32)cc1. The van der Waals surface area contributed by atoms with E-state index in [2.05, 4.69) is 17.6 Å². The zero-order chi connectivity index (χ0) is 23.5. The van der Waals surface area contributed by atoms with Gasteiger partial charge in [0.2, 0.25) is 5.91 Å². The van der Waals surface area contributed by atoms with Gasteiger partial charge in [0.15, 0.2) is 6.61 Å². The van der Waals surface area contributed by atoms with Crippen molar-refractivity contribution in [3.63, 3.8) is 0 Å². The molecule has 0 saturated heterocycles. The van der Waals surface area contributed by atoms with Crippen molar-refractivity contribution in [1.82, 2.24) is 0 Å². The first-order valence-corrected chi connectivity index (χ1v) is 10.6. The van der Waals surface area contributed by atoms with Crippen LogP contribution in [-0.2, 0) is 20.7 Å². The Bertz CT molecular complexity index is 1010. The van der Waals surface area contributed by atoms with Gasteiger partial charge in [-0.25, -0.2) is 4.79 Å². The lowest BCUT2D eigenvalue weighted by molar-refractivity contribution is -0.125. The molecule has 1 atom stereocenters. The minimum absolute atomic E-state index is 0.172. The molecule has 0 aromatic heterocycles. The average molecular weight is 440 g/mol. The van der Waals surface area contributed by atoms with Crippen LogP contribution in [0.25, 0.3) is 0 Å². The summed E-state index contributed by atoms with van der Waals surface area (Å²) in [4.78, 5) is 39.1. The zero-order valence-electron chi connectivity index (χ0n) is 19.0. The van der Waals surface area contributed by atoms with Gasteiger partial charge >= 0.3 is 6.09 Å². The van der Waals surface area contributed by atoms with Crippen molar-refractivity contribution in [3.05, 3.63) is 48.0 Å². The Morgan fingerprint density at radius 2 is 1.75 bits per heavy atom. The standard InChI is InChI=1S/C24H29N3O5/c1-6-16-7-9-17(10-8-16)25-22(29)15(2)27-19-13-18(26-23(30)32-24(3,4)5)11-12-20(19)31-14-21(27)28/h7-13,15H,6,14H2,1-5H3,(H,25,29)(H,26,30). The fourth-order valence-corrected chi connectivity index (χ4v) is 3.28. The number of hydrogen-bond donors (Lipinski definition) is 2. The minimum atomic E-state index is -0.798. The fraction of sp³-hybridized carbons (Fsp3) is 0.375. The Hall–Kier alpha value is -3.55. The number of nitrogens with one attached hydrogen (secondary N) is 2. The third-order valence-corrected chi connectivity index (χ3v) is 4.88. The summed E-state index contributed by atoms with van der Waals surface area (Å²) in [6, 6.07) is 11.7. The molecule has 3 amide bonds. The van der Waals surface area contributed by atoms with Gasteiger partial charge in [-0.2, -0.15) is 0 Å². The lowest BCUT2D eigenvalue weighted by Gasteiger charge is -2.33. The molecule has 2 aromatic rings. The van der Waals surface area contributed by atoms with Gasteiger partial charge in [-0.05, 0) is 70.0 Å². The molecule has 0 aliphatic carbocycles. The van der Waals surface area contributed by atoms with E-state index in [1.807, 2.05) is 24.3 Å². The molecule has 0 saturated carbocycles. The highest BCUT2D eigenvalue weighted by Gasteiger charge is 2.33. The molecule has 32 heavy (non-hydrogen) atoms. The number of carbonyl (C=O) groups is 3. The number of rotatable bonds is 5. The normalized spacial score (nSPS) is 14.2. The molecule has 8 nitrogen and oxygen atoms in total. The van der Waals surface area contributed by atoms with E-state index in [1.165, 1.54) is 10.5 Å². The summed E-state index contributed by atoms with van der Waals surface area (Å²) < 4.78 is 10.8. The Labute approximate surface area is 187 Å². The summed E-state index contributed by atoms with van der Waals surface area (Å²) in [5.41, 5.74) is 1.99. The van der Waals surface area contributed by atoms with Gasteiger partial charge < -0.3 is 14.8 Å². The summed E-state index contributed by atoms with van der Waals surface area (Å²) in [5.74, 6) is -0.233. The number of nitrogens with zero attached hydrogens (tertiary/aromatic N) is 1. The second-order valence-electron chi connectivity index (χ2n) is 8.58. The summed E-state index contributed by atoms with van der Waals surface area (Å²) in [7, 11) is 0. The van der Waals surface area contributed by atoms with Crippen LogP contribution < -0.4 is 20.3 Å². The van der Waals surface area contributed by atoms with E-state index in [-0.39, 0.29) is 18.4 Å². The molecule has 0 radical (unpaired) electrons. The van der Waals surface area contributed by atoms with Crippen molar-refractivity contribution in [2.24, 2.45) is 0 Å². The Morgan fingerprint density at radius 3 is 2.38 bits per heavy atom. The predicted molar refractivity (Wildman–Crippen MR) is 123 cm³/mol. The van der Waals surface area contributed by atoms with E-state index in [0.29, 0.717) is 22.8 Å². The molecule has 3 rings (SSSR count). The summed E-state index contributed by atoms with van der Waals surface area (Å²) in [5, 5.41) is 5.50. The van der Waals surface area contributed by atoms with Crippen LogP contribution in [0.2, 0.25) is 0 Å². The van der Waals surface area contributed by atoms with Crippen LogP contribution in [-0.4, -0.2) is 36.2 Å². The molecule has 0 spiro atoms. The molecule has 2 aromatic carbocycles. The smallest absolute Gasteiger partial charge is 0.412 e. The average Bonchev–Trinajstić information content (AvgIpc) is 2.72. The third-order valence-electron chi connectivity index (χ3n) is 4.88. The summed E-state index contributed by atoms with van der Waals surface area (Å²) >= 11 is 0. The van der Waals surface area contributed by atoms with Crippen molar-refractivity contribution in [3.8, 4) is 5.75 Å². The summed E-state index contributed by atoms with van der Waals surface area (Å²) in [6.07, 6.45) is 0.289. The van der Waals surface area contributed by atoms with Gasteiger partial charge in [0.25, 0.3) is 5.91 Å². The second-order valence-corrected chi connectivity index (χ2v) is 8.58. The highest BCUT2D eigenvalue weighted by molar-refractivity contribution is 6.07. The molecule has 1 aliphatic rings. The van der Waals surface area contributed by atoms with Gasteiger partial charge in [-0.3, -0.25) is 19.8 Å². The zero-order valence-corrected chi connectivity index (χ0v) is 19.0. The number of carbonyl (C=O) groups excluding carboxylic acids is 3. The molecule has 1 unspecified atom stereocenters. The number of anilines is 3. The molecule has 0 bridgehead atoms. The van der Waals surface area contributed by atoms with E-state index in [1.54, 1.807) is 45.9 Å². The maximum Gasteiger partial charge on any atom is 0.412 e. The number of hydrogen-bond acceptors (Lipinski definition) is 5. The largest absolute Gasteiger partial charge is 0.482 e. The van der Waals surface area contributed by atoms with Crippen LogP contribution in [0.1, 0.15) is 40.2 Å². The van der Waals surface area contributed by atoms with E-state index in [0.717, 1.165) is 6.42 Å². The number of benzene rings is 2. The van der Waals surface area contributed by atoms with Crippen molar-refractivity contribution >= 4 is 35.0 Å². The molecule has 170 valence electrons. The van der Waals surface area contributed by atoms with Crippen molar-refractivity contribution in [1.29, 1.82) is 0 Å². The van der Waals surface area contributed by atoms with E-state index in [4.69, 9.17) is 9.47 Å². The van der Waals surface area contributed by atoms with E-state index in [9.17, 15) is 14.4 Å². The van der Waals surface area contributed by atoms with Gasteiger partial charge in [0.05, 0.1) is 5.69 Å². The van der Waals surface area contributed by atoms with E-state index >= 15 is 0 Å². The van der Waals surface area contributed by atoms with Crippen LogP contribution in [0, 0.1) is 0 Å². The van der Waals surface area contributed by atoms with E-state index < -0.39 is 17.7 Å². The number of aryl methyl sites for hydroxylation is 1. The third kappa shape index (κ3) is 5.57. The molecular weight excluding hydrogens is 410 g/mol. The Balaban J connectivity index is 1.80. The lowest BCUT2D eigenvalue weighted by atomic mass is 10.1. The maximum absolute atomic E-state index is 12.9. The predicted octanol–water partition coefficient (Wildman–Crippen LogP) is 4.35. The fourth-order valence-electron chi connectivity index (χ4n) is 3.28. The van der Waals surface area contributed by atoms with Crippen molar-refractivity contribution in [2.75, 3.05) is 22.1 Å². The van der Waals surface area contributed by atoms with Gasteiger partial charge in [-0.1, -0.05) is 19.1 Å². The number of ether oxygens (including phenoxy) is 2. The minimum Gasteiger partial charge on any atom is -0.482 e. The Kier molecular flexibility index (Phi) is 6.72. The van der Waals surface area contributed by atoms with Gasteiger partial charge in [0, 0.05) is 11.4 Å². The Morgan fingerprint density at radius 1 is 1.09 bits per heavy atom. The van der Waals surface area contributed by atoms with Crippen molar-refractivity contribution in [2.45, 2.75) is 52.7 Å². The lowest BCUT2D eigenvalue weighted by Crippen LogP contribution is -2.49. The molecule has 8 heteroatoms. The molecular formula is C24H29N3O5. The molecule has 1 aliphatic heterocycles. The monoisotopic (exact) mass is 439 g/mol. The second kappa shape index (κ2) is 9.30. The first-order valence-electron chi connectivity index (χ1n) is 10.6. The van der Waals surface area contributed by atoms with Crippen LogP contribution in [0.15, 0.2) is 42.5 Å². The molecule has 0 fully saturated rings. The highest BCUT2D eigenvalue weighted by Crippen LogP contribution is 2.36. The summed E-state index contributed by atoms with van der Waals surface area (Å²) in [6.45, 7) is 8.84. The topological polar surface area (TPSA) is 97.0 Å². The highest BCUT2D eigenvalue weighted by atomic mass is 16.6. The quantitative estimate of drug-likeness (QED) is 0.722. The van der Waals surface area contributed by atoms with Gasteiger partial charge in [0.1, 0.15) is 17.4 Å². The van der Waals surface area contributed by atoms with Gasteiger partial charge in [-0.15, -0.1) is 0 Å². The first-order chi connectivity index (χ1) is 15.1. The van der Waals surface area contributed by atoms with Crippen LogP contribution in [0.3, 0.4) is 0 Å². The van der Waals surface area contributed by atoms with Crippen LogP contribution in [0.5, 0.6) is 5.75 Å². The van der Waals surface area contributed by atoms with Crippen molar-refractivity contribution < 1.29 is 23.9 Å². The first kappa shape index (κ1) is 23.1. The number of amides is 3. The number of fused-ring (bicyclic) bond motifs is 1.